The number of rotatable bonds is 3. The molecule has 2 aliphatic carbocycles. The van der Waals surface area contributed by atoms with Crippen LogP contribution in [0.3, 0.4) is 0 Å². The van der Waals surface area contributed by atoms with Gasteiger partial charge in [-0.05, 0) is 62.7 Å². The molecular formula is C20H34O2. The summed E-state index contributed by atoms with van der Waals surface area (Å²) < 4.78 is 13.1. The van der Waals surface area contributed by atoms with Crippen LogP contribution < -0.4 is 0 Å². The minimum Gasteiger partial charge on any atom is -0.344 e. The second kappa shape index (κ2) is 5.34. The lowest BCUT2D eigenvalue weighted by Gasteiger charge is -2.39. The van der Waals surface area contributed by atoms with Crippen LogP contribution in [0.4, 0.5) is 0 Å². The molecule has 2 heteroatoms. The Kier molecular flexibility index (Phi) is 4.01. The molecule has 3 fully saturated rings. The van der Waals surface area contributed by atoms with Crippen molar-refractivity contribution in [2.24, 2.45) is 23.2 Å². The molecule has 22 heavy (non-hydrogen) atoms. The highest BCUT2D eigenvalue weighted by Crippen LogP contribution is 2.58. The fourth-order valence-corrected chi connectivity index (χ4v) is 5.85. The molecule has 0 amide bonds. The van der Waals surface area contributed by atoms with Crippen molar-refractivity contribution in [2.45, 2.75) is 90.6 Å². The van der Waals surface area contributed by atoms with Crippen LogP contribution in [-0.4, -0.2) is 17.5 Å². The van der Waals surface area contributed by atoms with Gasteiger partial charge in [-0.15, -0.1) is 6.58 Å². The molecule has 1 heterocycles. The van der Waals surface area contributed by atoms with Gasteiger partial charge in [-0.25, -0.2) is 0 Å². The summed E-state index contributed by atoms with van der Waals surface area (Å²) in [7, 11) is 0. The summed E-state index contributed by atoms with van der Waals surface area (Å²) in [6, 6.07) is 0. The van der Waals surface area contributed by atoms with E-state index in [0.717, 1.165) is 37.0 Å². The van der Waals surface area contributed by atoms with E-state index in [1.807, 2.05) is 6.08 Å². The lowest BCUT2D eigenvalue weighted by atomic mass is 9.69. The van der Waals surface area contributed by atoms with Gasteiger partial charge in [0.25, 0.3) is 0 Å². The van der Waals surface area contributed by atoms with E-state index in [4.69, 9.17) is 9.47 Å². The van der Waals surface area contributed by atoms with Crippen molar-refractivity contribution in [3.8, 4) is 0 Å². The van der Waals surface area contributed by atoms with Gasteiger partial charge in [-0.3, -0.25) is 0 Å². The predicted octanol–water partition coefficient (Wildman–Crippen LogP) is 5.33. The average Bonchev–Trinajstić information content (AvgIpc) is 2.85. The van der Waals surface area contributed by atoms with Crippen molar-refractivity contribution in [3.05, 3.63) is 12.7 Å². The van der Waals surface area contributed by atoms with E-state index in [1.54, 1.807) is 0 Å². The Morgan fingerprint density at radius 1 is 1.18 bits per heavy atom. The van der Waals surface area contributed by atoms with Gasteiger partial charge < -0.3 is 9.47 Å². The van der Waals surface area contributed by atoms with Crippen LogP contribution >= 0.6 is 0 Å². The van der Waals surface area contributed by atoms with Crippen LogP contribution in [0.15, 0.2) is 12.7 Å². The number of hydrogen-bond donors (Lipinski definition) is 0. The second-order valence-corrected chi connectivity index (χ2v) is 9.21. The molecule has 0 aromatic carbocycles. The Morgan fingerprint density at radius 2 is 1.91 bits per heavy atom. The fourth-order valence-electron chi connectivity index (χ4n) is 5.85. The molecule has 0 aromatic heterocycles. The molecular weight excluding hydrogens is 272 g/mol. The van der Waals surface area contributed by atoms with E-state index in [0.29, 0.717) is 5.41 Å². The third-order valence-corrected chi connectivity index (χ3v) is 6.80. The van der Waals surface area contributed by atoms with Crippen molar-refractivity contribution < 1.29 is 9.47 Å². The van der Waals surface area contributed by atoms with Gasteiger partial charge in [0, 0.05) is 6.42 Å². The fraction of sp³-hybridized carbons (Fsp3) is 0.900. The lowest BCUT2D eigenvalue weighted by molar-refractivity contribution is -0.186. The zero-order chi connectivity index (χ0) is 16.2. The SMILES string of the molecule is C=CCC[C@]1(C)O[C@H]2CC3[C@H](C)CC[C@H]3C(C)(C)C[C@@]2(C)O1. The first-order valence-electron chi connectivity index (χ1n) is 9.18. The highest BCUT2D eigenvalue weighted by molar-refractivity contribution is 5.06. The molecule has 1 saturated heterocycles. The molecule has 0 bridgehead atoms. The highest BCUT2D eigenvalue weighted by Gasteiger charge is 2.59. The van der Waals surface area contributed by atoms with Crippen molar-refractivity contribution in [2.75, 3.05) is 0 Å². The Bertz CT molecular complexity index is 443. The maximum atomic E-state index is 6.59. The summed E-state index contributed by atoms with van der Waals surface area (Å²) in [6.07, 6.45) is 9.13. The molecule has 0 radical (unpaired) electrons. The van der Waals surface area contributed by atoms with Crippen molar-refractivity contribution in [1.29, 1.82) is 0 Å². The number of fused-ring (bicyclic) bond motifs is 2. The van der Waals surface area contributed by atoms with Gasteiger partial charge in [0.05, 0.1) is 11.7 Å². The van der Waals surface area contributed by atoms with E-state index in [1.165, 1.54) is 19.3 Å². The van der Waals surface area contributed by atoms with Crippen molar-refractivity contribution >= 4 is 0 Å². The summed E-state index contributed by atoms with van der Waals surface area (Å²) >= 11 is 0. The topological polar surface area (TPSA) is 18.5 Å². The Hall–Kier alpha value is -0.340. The molecule has 3 aliphatic rings. The third-order valence-electron chi connectivity index (χ3n) is 6.80. The van der Waals surface area contributed by atoms with Crippen LogP contribution in [0.2, 0.25) is 0 Å². The predicted molar refractivity (Wildman–Crippen MR) is 90.6 cm³/mol. The highest BCUT2D eigenvalue weighted by atomic mass is 16.8. The largest absolute Gasteiger partial charge is 0.344 e. The molecule has 0 N–H and O–H groups in total. The summed E-state index contributed by atoms with van der Waals surface area (Å²) in [4.78, 5) is 0. The Morgan fingerprint density at radius 3 is 2.59 bits per heavy atom. The van der Waals surface area contributed by atoms with Crippen LogP contribution in [0.25, 0.3) is 0 Å². The molecule has 2 nitrogen and oxygen atoms in total. The maximum Gasteiger partial charge on any atom is 0.167 e. The van der Waals surface area contributed by atoms with Crippen molar-refractivity contribution in [1.82, 2.24) is 0 Å². The first-order valence-corrected chi connectivity index (χ1v) is 9.18. The average molecular weight is 306 g/mol. The summed E-state index contributed by atoms with van der Waals surface area (Å²) in [5.41, 5.74) is 0.204. The molecule has 3 rings (SSSR count). The minimum absolute atomic E-state index is 0.135. The van der Waals surface area contributed by atoms with Crippen LogP contribution in [0.1, 0.15) is 73.1 Å². The number of hydrogen-bond acceptors (Lipinski definition) is 2. The molecule has 6 atom stereocenters. The van der Waals surface area contributed by atoms with Gasteiger partial charge in [0.1, 0.15) is 0 Å². The Balaban J connectivity index is 1.86. The van der Waals surface area contributed by atoms with Crippen LogP contribution in [-0.2, 0) is 9.47 Å². The first kappa shape index (κ1) is 16.5. The van der Waals surface area contributed by atoms with E-state index >= 15 is 0 Å². The molecule has 2 saturated carbocycles. The lowest BCUT2D eigenvalue weighted by Crippen LogP contribution is -2.40. The van der Waals surface area contributed by atoms with Crippen molar-refractivity contribution in [3.63, 3.8) is 0 Å². The van der Waals surface area contributed by atoms with Gasteiger partial charge in [-0.1, -0.05) is 33.3 Å². The quantitative estimate of drug-likeness (QED) is 0.656. The van der Waals surface area contributed by atoms with Crippen LogP contribution in [0.5, 0.6) is 0 Å². The smallest absolute Gasteiger partial charge is 0.167 e. The van der Waals surface area contributed by atoms with E-state index in [9.17, 15) is 0 Å². The van der Waals surface area contributed by atoms with Gasteiger partial charge in [-0.2, -0.15) is 0 Å². The normalized spacial score (nSPS) is 50.2. The van der Waals surface area contributed by atoms with E-state index < -0.39 is 5.79 Å². The van der Waals surface area contributed by atoms with E-state index in [-0.39, 0.29) is 11.7 Å². The zero-order valence-corrected chi connectivity index (χ0v) is 15.2. The first-order chi connectivity index (χ1) is 10.2. The molecule has 1 aliphatic heterocycles. The van der Waals surface area contributed by atoms with Gasteiger partial charge in [0.15, 0.2) is 5.79 Å². The molecule has 0 aromatic rings. The molecule has 1 unspecified atom stereocenters. The zero-order valence-electron chi connectivity index (χ0n) is 15.2. The van der Waals surface area contributed by atoms with Gasteiger partial charge in [0.2, 0.25) is 0 Å². The molecule has 126 valence electrons. The molecule has 0 spiro atoms. The monoisotopic (exact) mass is 306 g/mol. The van der Waals surface area contributed by atoms with E-state index in [2.05, 4.69) is 41.2 Å². The van der Waals surface area contributed by atoms with Gasteiger partial charge >= 0.3 is 0 Å². The standard InChI is InChI=1S/C20H34O2/c1-7-8-11-20(6)21-17-12-15-14(2)9-10-16(15)18(3,4)13-19(17,5)22-20/h7,14-17H,1,8-13H2,2-6H3/t14-,15?,16-,17+,19-,20-/m1/s1. The summed E-state index contributed by atoms with van der Waals surface area (Å²) in [6.45, 7) is 15.6. The Labute approximate surface area is 136 Å². The van der Waals surface area contributed by atoms with Crippen LogP contribution in [0, 0.1) is 23.2 Å². The maximum absolute atomic E-state index is 6.59. The second-order valence-electron chi connectivity index (χ2n) is 9.21. The number of allylic oxidation sites excluding steroid dienone is 1. The summed E-state index contributed by atoms with van der Waals surface area (Å²) in [5, 5.41) is 0. The number of ether oxygens (including phenoxy) is 2. The minimum atomic E-state index is -0.432. The summed E-state index contributed by atoms with van der Waals surface area (Å²) in [5.74, 6) is 2.03. The third kappa shape index (κ3) is 2.67.